The van der Waals surface area contributed by atoms with E-state index >= 15 is 0 Å². The Balaban J connectivity index is 1.13. The highest BCUT2D eigenvalue weighted by Crippen LogP contribution is 2.56. The van der Waals surface area contributed by atoms with E-state index in [1.54, 1.807) is 0 Å². The minimum atomic E-state index is -0.230. The second kappa shape index (κ2) is 12.4. The van der Waals surface area contributed by atoms with Crippen LogP contribution in [-0.4, -0.2) is 15.0 Å². The smallest absolute Gasteiger partial charge is 0.164 e. The van der Waals surface area contributed by atoms with Crippen molar-refractivity contribution in [2.24, 2.45) is 0 Å². The lowest BCUT2D eigenvalue weighted by Gasteiger charge is -2.23. The molecule has 1 aliphatic carbocycles. The topological polar surface area (TPSA) is 51.8 Å². The summed E-state index contributed by atoms with van der Waals surface area (Å²) in [5.74, 6) is 1.87. The van der Waals surface area contributed by atoms with Crippen LogP contribution >= 0.6 is 0 Å². The molecule has 0 spiro atoms. The fraction of sp³-hybridized carbons (Fsp3) is 0.0577. The third-order valence-corrected chi connectivity index (χ3v) is 11.5. The SMILES string of the molecule is CC1(C)c2ccccc2-c2c1c1c3ccccc3oc1c1ccc(-c3nc(-c4ccc(-c5ccccc5)cc4)nc(-c4ccc(-c5ccccc5)cc4)n3)cc21. The van der Waals surface area contributed by atoms with Gasteiger partial charge in [-0.2, -0.15) is 0 Å². The van der Waals surface area contributed by atoms with Crippen LogP contribution in [0.4, 0.5) is 0 Å². The minimum absolute atomic E-state index is 0.230. The van der Waals surface area contributed by atoms with Crippen molar-refractivity contribution < 1.29 is 4.42 Å². The summed E-state index contributed by atoms with van der Waals surface area (Å²) < 4.78 is 6.72. The zero-order valence-corrected chi connectivity index (χ0v) is 31.0. The average molecular weight is 718 g/mol. The lowest BCUT2D eigenvalue weighted by molar-refractivity contribution is 0.659. The van der Waals surface area contributed by atoms with Crippen molar-refractivity contribution in [1.82, 2.24) is 15.0 Å². The van der Waals surface area contributed by atoms with Gasteiger partial charge in [-0.3, -0.25) is 0 Å². The Hall–Kier alpha value is -7.17. The summed E-state index contributed by atoms with van der Waals surface area (Å²) in [7, 11) is 0. The molecule has 0 saturated heterocycles. The molecule has 0 radical (unpaired) electrons. The maximum absolute atomic E-state index is 6.72. The number of rotatable bonds is 5. The second-order valence-corrected chi connectivity index (χ2v) is 15.2. The highest BCUT2D eigenvalue weighted by molar-refractivity contribution is 6.23. The first kappa shape index (κ1) is 32.3. The molecule has 0 unspecified atom stereocenters. The summed E-state index contributed by atoms with van der Waals surface area (Å²) in [4.78, 5) is 15.5. The van der Waals surface area contributed by atoms with Gasteiger partial charge in [0.25, 0.3) is 0 Å². The number of furan rings is 1. The Labute approximate surface area is 324 Å². The monoisotopic (exact) mass is 717 g/mol. The molecule has 11 rings (SSSR count). The molecular weight excluding hydrogens is 683 g/mol. The van der Waals surface area contributed by atoms with Gasteiger partial charge < -0.3 is 4.42 Å². The molecule has 0 amide bonds. The highest BCUT2D eigenvalue weighted by Gasteiger charge is 2.39. The fourth-order valence-corrected chi connectivity index (χ4v) is 8.76. The maximum atomic E-state index is 6.72. The van der Waals surface area contributed by atoms with Gasteiger partial charge in [-0.1, -0.05) is 172 Å². The molecule has 2 heterocycles. The molecule has 0 bridgehead atoms. The average Bonchev–Trinajstić information content (AvgIpc) is 3.76. The van der Waals surface area contributed by atoms with E-state index in [0.29, 0.717) is 17.5 Å². The first-order chi connectivity index (χ1) is 27.5. The van der Waals surface area contributed by atoms with Crippen LogP contribution in [0.2, 0.25) is 0 Å². The van der Waals surface area contributed by atoms with Crippen LogP contribution in [0.1, 0.15) is 25.0 Å². The van der Waals surface area contributed by atoms with Gasteiger partial charge in [-0.25, -0.2) is 15.0 Å². The van der Waals surface area contributed by atoms with E-state index < -0.39 is 0 Å². The number of aromatic nitrogens is 3. The number of fused-ring (bicyclic) bond motifs is 10. The zero-order valence-electron chi connectivity index (χ0n) is 31.0. The van der Waals surface area contributed by atoms with E-state index in [1.807, 2.05) is 18.2 Å². The molecule has 0 saturated carbocycles. The summed E-state index contributed by atoms with van der Waals surface area (Å²) in [5, 5.41) is 4.55. The van der Waals surface area contributed by atoms with E-state index in [4.69, 9.17) is 19.4 Å². The minimum Gasteiger partial charge on any atom is -0.455 e. The standard InChI is InChI=1S/C52H35N3O/c1-52(2)43-19-11-9-17-40(43)45-42-31-38(29-30-39(42)48-46(47(45)52)41-18-10-12-20-44(41)56-48)51-54-49(36-25-21-34(22-26-36)32-13-5-3-6-14-32)53-50(55-51)37-27-23-35(24-28-37)33-15-7-4-8-16-33/h3-31H,1-2H3. The van der Waals surface area contributed by atoms with Gasteiger partial charge in [0.15, 0.2) is 17.5 Å². The number of hydrogen-bond donors (Lipinski definition) is 0. The van der Waals surface area contributed by atoms with Gasteiger partial charge in [0, 0.05) is 38.3 Å². The van der Waals surface area contributed by atoms with Crippen molar-refractivity contribution in [3.05, 3.63) is 187 Å². The Morgan fingerprint density at radius 1 is 0.411 bits per heavy atom. The molecule has 4 heteroatoms. The molecule has 8 aromatic carbocycles. The van der Waals surface area contributed by atoms with E-state index in [2.05, 4.69) is 172 Å². The number of benzene rings is 8. The molecule has 0 aliphatic heterocycles. The van der Waals surface area contributed by atoms with Gasteiger partial charge in [-0.05, 0) is 68.1 Å². The van der Waals surface area contributed by atoms with Crippen LogP contribution in [0.3, 0.4) is 0 Å². The van der Waals surface area contributed by atoms with Gasteiger partial charge in [0.05, 0.1) is 0 Å². The maximum Gasteiger partial charge on any atom is 0.164 e. The van der Waals surface area contributed by atoms with E-state index in [9.17, 15) is 0 Å². The molecular formula is C52H35N3O. The highest BCUT2D eigenvalue weighted by atomic mass is 16.3. The first-order valence-electron chi connectivity index (χ1n) is 19.1. The summed E-state index contributed by atoms with van der Waals surface area (Å²) in [5.41, 5.74) is 14.1. The van der Waals surface area contributed by atoms with Crippen LogP contribution in [0.15, 0.2) is 180 Å². The molecule has 264 valence electrons. The summed E-state index contributed by atoms with van der Waals surface area (Å²) in [6.07, 6.45) is 0. The predicted molar refractivity (Wildman–Crippen MR) is 229 cm³/mol. The Morgan fingerprint density at radius 2 is 0.893 bits per heavy atom. The Bertz CT molecular complexity index is 3030. The van der Waals surface area contributed by atoms with Crippen LogP contribution in [0.5, 0.6) is 0 Å². The summed E-state index contributed by atoms with van der Waals surface area (Å²) >= 11 is 0. The summed E-state index contributed by atoms with van der Waals surface area (Å²) in [6, 6.07) is 61.7. The van der Waals surface area contributed by atoms with Crippen LogP contribution < -0.4 is 0 Å². The molecule has 0 fully saturated rings. The number of para-hydroxylation sites is 1. The van der Waals surface area contributed by atoms with E-state index in [0.717, 1.165) is 55.1 Å². The van der Waals surface area contributed by atoms with Gasteiger partial charge in [-0.15, -0.1) is 0 Å². The molecule has 0 atom stereocenters. The quantitative estimate of drug-likeness (QED) is 0.178. The molecule has 10 aromatic rings. The normalized spacial score (nSPS) is 13.0. The zero-order chi connectivity index (χ0) is 37.4. The van der Waals surface area contributed by atoms with Crippen molar-refractivity contribution in [3.63, 3.8) is 0 Å². The van der Waals surface area contributed by atoms with Crippen LogP contribution in [-0.2, 0) is 5.41 Å². The molecule has 56 heavy (non-hydrogen) atoms. The van der Waals surface area contributed by atoms with Crippen molar-refractivity contribution in [3.8, 4) is 67.5 Å². The van der Waals surface area contributed by atoms with Crippen molar-refractivity contribution >= 4 is 32.7 Å². The van der Waals surface area contributed by atoms with Crippen molar-refractivity contribution in [2.75, 3.05) is 0 Å². The van der Waals surface area contributed by atoms with Gasteiger partial charge in [0.1, 0.15) is 11.2 Å². The number of nitrogens with zero attached hydrogens (tertiary/aromatic N) is 3. The first-order valence-corrected chi connectivity index (χ1v) is 19.1. The lowest BCUT2D eigenvalue weighted by Crippen LogP contribution is -2.15. The Kier molecular flexibility index (Phi) is 7.17. The summed E-state index contributed by atoms with van der Waals surface area (Å²) in [6.45, 7) is 4.68. The molecule has 2 aromatic heterocycles. The van der Waals surface area contributed by atoms with E-state index in [-0.39, 0.29) is 5.41 Å². The Morgan fingerprint density at radius 3 is 1.52 bits per heavy atom. The van der Waals surface area contributed by atoms with Gasteiger partial charge >= 0.3 is 0 Å². The van der Waals surface area contributed by atoms with Crippen molar-refractivity contribution in [2.45, 2.75) is 19.3 Å². The van der Waals surface area contributed by atoms with Gasteiger partial charge in [0.2, 0.25) is 0 Å². The molecule has 1 aliphatic rings. The van der Waals surface area contributed by atoms with Crippen LogP contribution in [0, 0.1) is 0 Å². The van der Waals surface area contributed by atoms with Crippen molar-refractivity contribution in [1.29, 1.82) is 0 Å². The third-order valence-electron chi connectivity index (χ3n) is 11.5. The van der Waals surface area contributed by atoms with Crippen LogP contribution in [0.25, 0.3) is 100 Å². The fourth-order valence-electron chi connectivity index (χ4n) is 8.76. The number of hydrogen-bond acceptors (Lipinski definition) is 4. The molecule has 4 nitrogen and oxygen atoms in total. The third kappa shape index (κ3) is 5.03. The van der Waals surface area contributed by atoms with E-state index in [1.165, 1.54) is 38.8 Å². The molecule has 0 N–H and O–H groups in total. The second-order valence-electron chi connectivity index (χ2n) is 15.2. The predicted octanol–water partition coefficient (Wildman–Crippen LogP) is 13.6. The lowest BCUT2D eigenvalue weighted by atomic mass is 9.79. The largest absolute Gasteiger partial charge is 0.455 e.